The molecule has 0 saturated carbocycles. The van der Waals surface area contributed by atoms with Crippen molar-refractivity contribution in [1.82, 2.24) is 15.3 Å². The Morgan fingerprint density at radius 1 is 0.964 bits per heavy atom. The van der Waals surface area contributed by atoms with E-state index in [0.717, 1.165) is 44.6 Å². The van der Waals surface area contributed by atoms with Crippen molar-refractivity contribution in [3.8, 4) is 0 Å². The number of likely N-dealkylation sites (tertiary alicyclic amines) is 1. The van der Waals surface area contributed by atoms with Gasteiger partial charge in [-0.05, 0) is 49.1 Å². The standard InChI is InChI=1S/C24H29N3O/c28-24(22-9-5-2-6-10-22)19-26-15-12-20(13-16-26)17-27-18-23(11-14-25-27)21-7-3-1-4-8-21/h1-11,14,18,20,24-25,28H,12-13,15-17,19H2. The van der Waals surface area contributed by atoms with Crippen molar-refractivity contribution in [2.24, 2.45) is 5.92 Å². The summed E-state index contributed by atoms with van der Waals surface area (Å²) in [5.41, 5.74) is 6.84. The van der Waals surface area contributed by atoms with Crippen LogP contribution >= 0.6 is 0 Å². The van der Waals surface area contributed by atoms with Gasteiger partial charge >= 0.3 is 0 Å². The highest BCUT2D eigenvalue weighted by atomic mass is 16.3. The molecule has 4 nitrogen and oxygen atoms in total. The second-order valence-electron chi connectivity index (χ2n) is 7.74. The Morgan fingerprint density at radius 3 is 2.36 bits per heavy atom. The Labute approximate surface area is 167 Å². The Balaban J connectivity index is 1.26. The van der Waals surface area contributed by atoms with Crippen molar-refractivity contribution in [2.75, 3.05) is 26.2 Å². The maximum Gasteiger partial charge on any atom is 0.0916 e. The summed E-state index contributed by atoms with van der Waals surface area (Å²) in [6.45, 7) is 3.83. The largest absolute Gasteiger partial charge is 0.387 e. The van der Waals surface area contributed by atoms with Gasteiger partial charge in [-0.25, -0.2) is 0 Å². The molecule has 4 rings (SSSR count). The van der Waals surface area contributed by atoms with E-state index in [0.29, 0.717) is 5.92 Å². The van der Waals surface area contributed by atoms with E-state index in [2.05, 4.69) is 57.9 Å². The normalized spacial score (nSPS) is 19.2. The van der Waals surface area contributed by atoms with Gasteiger partial charge in [0.1, 0.15) is 0 Å². The number of rotatable bonds is 6. The summed E-state index contributed by atoms with van der Waals surface area (Å²) in [5.74, 6) is 0.664. The number of nitrogens with zero attached hydrogens (tertiary/aromatic N) is 2. The minimum absolute atomic E-state index is 0.400. The molecule has 0 aromatic heterocycles. The van der Waals surface area contributed by atoms with Crippen molar-refractivity contribution < 1.29 is 5.11 Å². The highest BCUT2D eigenvalue weighted by Gasteiger charge is 2.23. The maximum atomic E-state index is 10.5. The summed E-state index contributed by atoms with van der Waals surface area (Å²) in [7, 11) is 0. The van der Waals surface area contributed by atoms with Crippen molar-refractivity contribution in [1.29, 1.82) is 0 Å². The Hall–Kier alpha value is -2.56. The molecule has 2 aromatic rings. The molecule has 146 valence electrons. The monoisotopic (exact) mass is 375 g/mol. The fraction of sp³-hybridized carbons (Fsp3) is 0.333. The third-order valence-electron chi connectivity index (χ3n) is 5.68. The molecule has 1 saturated heterocycles. The van der Waals surface area contributed by atoms with E-state index < -0.39 is 6.10 Å². The van der Waals surface area contributed by atoms with Gasteiger partial charge < -0.3 is 15.4 Å². The first-order valence-corrected chi connectivity index (χ1v) is 10.2. The van der Waals surface area contributed by atoms with Gasteiger partial charge in [-0.2, -0.15) is 0 Å². The lowest BCUT2D eigenvalue weighted by molar-refractivity contribution is 0.0823. The van der Waals surface area contributed by atoms with Crippen LogP contribution in [0.3, 0.4) is 0 Å². The van der Waals surface area contributed by atoms with E-state index in [1.807, 2.05) is 36.5 Å². The maximum absolute atomic E-state index is 10.5. The number of nitrogens with one attached hydrogen (secondary N) is 1. The van der Waals surface area contributed by atoms with Crippen LogP contribution in [0.1, 0.15) is 30.1 Å². The molecule has 1 atom stereocenters. The Morgan fingerprint density at radius 2 is 1.64 bits per heavy atom. The van der Waals surface area contributed by atoms with E-state index in [1.54, 1.807) is 0 Å². The molecule has 2 aromatic carbocycles. The molecular formula is C24H29N3O. The summed E-state index contributed by atoms with van der Waals surface area (Å²) >= 11 is 0. The smallest absolute Gasteiger partial charge is 0.0916 e. The zero-order valence-electron chi connectivity index (χ0n) is 16.2. The lowest BCUT2D eigenvalue weighted by atomic mass is 9.95. The topological polar surface area (TPSA) is 38.7 Å². The molecule has 2 N–H and O–H groups in total. The van der Waals surface area contributed by atoms with Crippen LogP contribution in [0.15, 0.2) is 79.1 Å². The number of aliphatic hydroxyl groups is 1. The van der Waals surface area contributed by atoms with Gasteiger partial charge in [0, 0.05) is 31.1 Å². The minimum atomic E-state index is -0.400. The number of hydrazine groups is 1. The van der Waals surface area contributed by atoms with Gasteiger partial charge in [0.05, 0.1) is 6.10 Å². The van der Waals surface area contributed by atoms with Crippen LogP contribution in [0.5, 0.6) is 0 Å². The van der Waals surface area contributed by atoms with Crippen molar-refractivity contribution in [2.45, 2.75) is 18.9 Å². The lowest BCUT2D eigenvalue weighted by Gasteiger charge is -2.36. The molecule has 1 fully saturated rings. The second kappa shape index (κ2) is 9.09. The summed E-state index contributed by atoms with van der Waals surface area (Å²) in [5, 5.41) is 12.7. The first-order chi connectivity index (χ1) is 13.8. The molecule has 28 heavy (non-hydrogen) atoms. The van der Waals surface area contributed by atoms with E-state index in [-0.39, 0.29) is 0 Å². The van der Waals surface area contributed by atoms with Gasteiger partial charge in [-0.15, -0.1) is 0 Å². The van der Waals surface area contributed by atoms with Gasteiger partial charge in [-0.3, -0.25) is 5.01 Å². The van der Waals surface area contributed by atoms with Crippen LogP contribution in [0.25, 0.3) is 5.57 Å². The molecule has 0 aliphatic carbocycles. The van der Waals surface area contributed by atoms with Gasteiger partial charge in [0.15, 0.2) is 0 Å². The van der Waals surface area contributed by atoms with E-state index >= 15 is 0 Å². The molecule has 0 amide bonds. The zero-order chi connectivity index (χ0) is 19.2. The lowest BCUT2D eigenvalue weighted by Crippen LogP contribution is -2.42. The van der Waals surface area contributed by atoms with E-state index in [1.165, 1.54) is 11.1 Å². The molecule has 2 heterocycles. The summed E-state index contributed by atoms with van der Waals surface area (Å²) in [6, 6.07) is 20.5. The molecule has 2 aliphatic rings. The predicted octanol–water partition coefficient (Wildman–Crippen LogP) is 3.81. The molecule has 4 heteroatoms. The SMILES string of the molecule is OC(CN1CCC(CN2C=C(c3ccccc3)C=CN2)CC1)c1ccccc1. The van der Waals surface area contributed by atoms with Crippen LogP contribution in [0.2, 0.25) is 0 Å². The predicted molar refractivity (Wildman–Crippen MR) is 114 cm³/mol. The molecular weight excluding hydrogens is 346 g/mol. The number of hydrogen-bond acceptors (Lipinski definition) is 4. The third-order valence-corrected chi connectivity index (χ3v) is 5.68. The number of piperidine rings is 1. The average molecular weight is 376 g/mol. The van der Waals surface area contributed by atoms with Crippen LogP contribution < -0.4 is 5.43 Å². The van der Waals surface area contributed by atoms with Gasteiger partial charge in [0.2, 0.25) is 0 Å². The first-order valence-electron chi connectivity index (χ1n) is 10.2. The fourth-order valence-corrected chi connectivity index (χ4v) is 4.03. The average Bonchev–Trinajstić information content (AvgIpc) is 2.76. The number of allylic oxidation sites excluding steroid dienone is 2. The Kier molecular flexibility index (Phi) is 6.10. The Bertz CT molecular complexity index is 795. The number of hydrogen-bond donors (Lipinski definition) is 2. The summed E-state index contributed by atoms with van der Waals surface area (Å²) in [4.78, 5) is 2.39. The van der Waals surface area contributed by atoms with E-state index in [9.17, 15) is 5.11 Å². The molecule has 0 bridgehead atoms. The van der Waals surface area contributed by atoms with Crippen molar-refractivity contribution in [3.05, 3.63) is 90.3 Å². The second-order valence-corrected chi connectivity index (χ2v) is 7.74. The quantitative estimate of drug-likeness (QED) is 0.805. The highest BCUT2D eigenvalue weighted by Crippen LogP contribution is 2.23. The third kappa shape index (κ3) is 4.83. The summed E-state index contributed by atoms with van der Waals surface area (Å²) < 4.78 is 0. The molecule has 2 aliphatic heterocycles. The van der Waals surface area contributed by atoms with Gasteiger partial charge in [0.25, 0.3) is 0 Å². The number of benzene rings is 2. The van der Waals surface area contributed by atoms with Crippen molar-refractivity contribution in [3.63, 3.8) is 0 Å². The molecule has 1 unspecified atom stereocenters. The molecule has 0 radical (unpaired) electrons. The summed E-state index contributed by atoms with van der Waals surface area (Å²) in [6.07, 6.45) is 8.28. The van der Waals surface area contributed by atoms with Crippen molar-refractivity contribution >= 4 is 5.57 Å². The molecule has 0 spiro atoms. The van der Waals surface area contributed by atoms with Gasteiger partial charge in [-0.1, -0.05) is 60.7 Å². The number of β-amino-alcohol motifs (C(OH)–C–C–N with tert-alkyl or cyclic N) is 1. The van der Waals surface area contributed by atoms with Crippen LogP contribution in [-0.4, -0.2) is 41.2 Å². The zero-order valence-corrected chi connectivity index (χ0v) is 16.2. The van der Waals surface area contributed by atoms with E-state index in [4.69, 9.17) is 0 Å². The van der Waals surface area contributed by atoms with Crippen LogP contribution in [0, 0.1) is 5.92 Å². The highest BCUT2D eigenvalue weighted by molar-refractivity contribution is 5.74. The fourth-order valence-electron chi connectivity index (χ4n) is 4.03. The first kappa shape index (κ1) is 18.8. The number of aliphatic hydroxyl groups excluding tert-OH is 1. The minimum Gasteiger partial charge on any atom is -0.387 e. The van der Waals surface area contributed by atoms with Crippen LogP contribution in [-0.2, 0) is 0 Å². The van der Waals surface area contributed by atoms with Crippen LogP contribution in [0.4, 0.5) is 0 Å².